The average Bonchev–Trinajstić information content (AvgIpc) is 2.28. The molecule has 0 saturated carbocycles. The van der Waals surface area contributed by atoms with E-state index >= 15 is 0 Å². The molecule has 0 unspecified atom stereocenters. The third-order valence-corrected chi connectivity index (χ3v) is 2.55. The lowest BCUT2D eigenvalue weighted by Gasteiger charge is -2.06. The number of nitrogens with one attached hydrogen (secondary N) is 1. The van der Waals surface area contributed by atoms with Gasteiger partial charge in [-0.2, -0.15) is 0 Å². The number of Topliss-reactive ketones (excluding diaryl/α,β-unsaturated/α-hetero) is 1. The summed E-state index contributed by atoms with van der Waals surface area (Å²) in [5, 5.41) is 12.7. The predicted octanol–water partition coefficient (Wildman–Crippen LogP) is 1.66. The molecule has 0 aliphatic heterocycles. The van der Waals surface area contributed by atoms with Gasteiger partial charge >= 0.3 is 5.63 Å². The number of rotatable bonds is 2. The second-order valence-corrected chi connectivity index (χ2v) is 4.06. The Morgan fingerprint density at radius 2 is 1.95 bits per heavy atom. The summed E-state index contributed by atoms with van der Waals surface area (Å²) in [6.07, 6.45) is 0. The predicted molar refractivity (Wildman–Crippen MR) is 68.5 cm³/mol. The number of aromatic hydroxyl groups is 1. The number of benzene rings is 1. The maximum absolute atomic E-state index is 11.5. The van der Waals surface area contributed by atoms with Crippen molar-refractivity contribution in [1.29, 1.82) is 0 Å². The van der Waals surface area contributed by atoms with Gasteiger partial charge < -0.3 is 14.8 Å². The molecule has 0 bridgehead atoms. The molecule has 1 heterocycles. The third-order valence-electron chi connectivity index (χ3n) is 2.55. The Kier molecular flexibility index (Phi) is 3.08. The van der Waals surface area contributed by atoms with Crippen LogP contribution in [0.5, 0.6) is 5.75 Å². The van der Waals surface area contributed by atoms with Crippen molar-refractivity contribution < 1.29 is 19.1 Å². The van der Waals surface area contributed by atoms with Crippen LogP contribution in [-0.2, 0) is 4.79 Å². The Bertz CT molecular complexity index is 745. The lowest BCUT2D eigenvalue weighted by Crippen LogP contribution is -2.12. The van der Waals surface area contributed by atoms with Crippen LogP contribution in [0.15, 0.2) is 27.4 Å². The molecule has 0 aliphatic carbocycles. The number of anilines is 1. The zero-order chi connectivity index (χ0) is 14.2. The molecule has 19 heavy (non-hydrogen) atoms. The molecule has 6 nitrogen and oxygen atoms in total. The van der Waals surface area contributed by atoms with Gasteiger partial charge in [-0.3, -0.25) is 9.59 Å². The van der Waals surface area contributed by atoms with Gasteiger partial charge in [-0.15, -0.1) is 0 Å². The average molecular weight is 261 g/mol. The number of carbonyl (C=O) groups is 2. The van der Waals surface area contributed by atoms with Crippen LogP contribution in [0.2, 0.25) is 0 Å². The molecule has 0 saturated heterocycles. The van der Waals surface area contributed by atoms with E-state index in [0.29, 0.717) is 5.69 Å². The van der Waals surface area contributed by atoms with E-state index in [1.165, 1.54) is 25.1 Å². The minimum absolute atomic E-state index is 0.140. The molecular weight excluding hydrogens is 250 g/mol. The molecule has 1 amide bonds. The fourth-order valence-corrected chi connectivity index (χ4v) is 1.78. The van der Waals surface area contributed by atoms with Gasteiger partial charge in [0.2, 0.25) is 5.91 Å². The van der Waals surface area contributed by atoms with Crippen molar-refractivity contribution in [2.24, 2.45) is 0 Å². The molecule has 0 aliphatic rings. The first kappa shape index (κ1) is 12.8. The minimum atomic E-state index is -0.884. The summed E-state index contributed by atoms with van der Waals surface area (Å²) in [6.45, 7) is 2.51. The summed E-state index contributed by atoms with van der Waals surface area (Å²) in [4.78, 5) is 33.8. The van der Waals surface area contributed by atoms with Gasteiger partial charge in [0.15, 0.2) is 5.78 Å². The van der Waals surface area contributed by atoms with Crippen molar-refractivity contribution in [2.45, 2.75) is 13.8 Å². The Hall–Kier alpha value is -2.63. The Morgan fingerprint density at radius 1 is 1.26 bits per heavy atom. The van der Waals surface area contributed by atoms with Crippen LogP contribution in [0.1, 0.15) is 24.2 Å². The summed E-state index contributed by atoms with van der Waals surface area (Å²) in [5.74, 6) is -1.30. The van der Waals surface area contributed by atoms with Gasteiger partial charge in [0.1, 0.15) is 16.9 Å². The fourth-order valence-electron chi connectivity index (χ4n) is 1.78. The van der Waals surface area contributed by atoms with E-state index in [1.54, 1.807) is 0 Å². The number of amides is 1. The van der Waals surface area contributed by atoms with Crippen molar-refractivity contribution >= 4 is 28.3 Å². The Morgan fingerprint density at radius 3 is 2.53 bits per heavy atom. The van der Waals surface area contributed by atoms with E-state index in [0.717, 1.165) is 6.92 Å². The van der Waals surface area contributed by atoms with Crippen LogP contribution >= 0.6 is 0 Å². The molecule has 1 aromatic carbocycles. The molecular formula is C13H11NO5. The van der Waals surface area contributed by atoms with Crippen molar-refractivity contribution in [3.8, 4) is 5.75 Å². The second kappa shape index (κ2) is 4.56. The molecule has 0 atom stereocenters. The SMILES string of the molecule is CC(=O)Nc1ccc2oc(=O)c(C(C)=O)c(O)c2c1. The van der Waals surface area contributed by atoms with Crippen molar-refractivity contribution in [2.75, 3.05) is 5.32 Å². The number of hydrogen-bond acceptors (Lipinski definition) is 5. The van der Waals surface area contributed by atoms with Gasteiger partial charge in [0.25, 0.3) is 0 Å². The van der Waals surface area contributed by atoms with Gasteiger partial charge in [-0.1, -0.05) is 0 Å². The Balaban J connectivity index is 2.74. The highest BCUT2D eigenvalue weighted by Gasteiger charge is 2.17. The van der Waals surface area contributed by atoms with E-state index < -0.39 is 22.7 Å². The lowest BCUT2D eigenvalue weighted by molar-refractivity contribution is -0.114. The highest BCUT2D eigenvalue weighted by Crippen LogP contribution is 2.28. The maximum Gasteiger partial charge on any atom is 0.351 e. The lowest BCUT2D eigenvalue weighted by atomic mass is 10.1. The summed E-state index contributed by atoms with van der Waals surface area (Å²) in [7, 11) is 0. The van der Waals surface area contributed by atoms with Crippen LogP contribution in [-0.4, -0.2) is 16.8 Å². The van der Waals surface area contributed by atoms with Gasteiger partial charge in [-0.25, -0.2) is 4.79 Å². The normalized spacial score (nSPS) is 10.4. The van der Waals surface area contributed by atoms with Gasteiger partial charge in [0.05, 0.1) is 5.39 Å². The number of carbonyl (C=O) groups excluding carboxylic acids is 2. The van der Waals surface area contributed by atoms with Crippen molar-refractivity contribution in [1.82, 2.24) is 0 Å². The standard InChI is InChI=1S/C13H11NO5/c1-6(15)11-12(17)9-5-8(14-7(2)16)3-4-10(9)19-13(11)18/h3-5,17H,1-2H3,(H,14,16). The highest BCUT2D eigenvalue weighted by atomic mass is 16.4. The van der Waals surface area contributed by atoms with Crippen LogP contribution < -0.4 is 10.9 Å². The smallest absolute Gasteiger partial charge is 0.351 e. The highest BCUT2D eigenvalue weighted by molar-refractivity contribution is 6.02. The topological polar surface area (TPSA) is 96.6 Å². The molecule has 2 rings (SSSR count). The van der Waals surface area contributed by atoms with Crippen molar-refractivity contribution in [3.63, 3.8) is 0 Å². The van der Waals surface area contributed by atoms with Crippen LogP contribution in [0.3, 0.4) is 0 Å². The van der Waals surface area contributed by atoms with E-state index in [4.69, 9.17) is 4.42 Å². The first-order valence-electron chi connectivity index (χ1n) is 5.48. The largest absolute Gasteiger partial charge is 0.506 e. The molecule has 0 fully saturated rings. The molecule has 2 aromatic rings. The summed E-state index contributed by atoms with van der Waals surface area (Å²) < 4.78 is 4.95. The number of hydrogen-bond donors (Lipinski definition) is 2. The minimum Gasteiger partial charge on any atom is -0.506 e. The molecule has 1 aromatic heterocycles. The second-order valence-electron chi connectivity index (χ2n) is 4.06. The summed E-state index contributed by atoms with van der Waals surface area (Å²) in [5.41, 5.74) is -0.711. The molecule has 6 heteroatoms. The van der Waals surface area contributed by atoms with E-state index in [1.807, 2.05) is 0 Å². The first-order valence-corrected chi connectivity index (χ1v) is 5.48. The zero-order valence-electron chi connectivity index (χ0n) is 10.3. The summed E-state index contributed by atoms with van der Waals surface area (Å²) in [6, 6.07) is 4.40. The quantitative estimate of drug-likeness (QED) is 0.633. The molecule has 2 N–H and O–H groups in total. The number of fused-ring (bicyclic) bond motifs is 1. The van der Waals surface area contributed by atoms with E-state index in [9.17, 15) is 19.5 Å². The third kappa shape index (κ3) is 2.33. The number of ketones is 1. The van der Waals surface area contributed by atoms with Crippen LogP contribution in [0.25, 0.3) is 11.0 Å². The zero-order valence-corrected chi connectivity index (χ0v) is 10.3. The maximum atomic E-state index is 11.5. The monoisotopic (exact) mass is 261 g/mol. The molecule has 0 spiro atoms. The summed E-state index contributed by atoms with van der Waals surface area (Å²) >= 11 is 0. The van der Waals surface area contributed by atoms with Gasteiger partial charge in [0, 0.05) is 12.6 Å². The van der Waals surface area contributed by atoms with Crippen LogP contribution in [0.4, 0.5) is 5.69 Å². The van der Waals surface area contributed by atoms with Crippen molar-refractivity contribution in [3.05, 3.63) is 34.2 Å². The van der Waals surface area contributed by atoms with E-state index in [2.05, 4.69) is 5.32 Å². The van der Waals surface area contributed by atoms with Crippen LogP contribution in [0, 0.1) is 0 Å². The molecule has 0 radical (unpaired) electrons. The van der Waals surface area contributed by atoms with E-state index in [-0.39, 0.29) is 16.9 Å². The fraction of sp³-hybridized carbons (Fsp3) is 0.154. The first-order chi connectivity index (χ1) is 8.90. The Labute approximate surface area is 107 Å². The van der Waals surface area contributed by atoms with Gasteiger partial charge in [-0.05, 0) is 25.1 Å². The molecule has 98 valence electrons.